The van der Waals surface area contributed by atoms with E-state index in [0.29, 0.717) is 31.3 Å². The van der Waals surface area contributed by atoms with Crippen LogP contribution >= 0.6 is 0 Å². The molecule has 3 aromatic carbocycles. The molecule has 2 aromatic heterocycles. The summed E-state index contributed by atoms with van der Waals surface area (Å²) in [5, 5.41) is 2.18. The standard InChI is InChI=1S/C39H44N6O3/c1-5-7-35(46)44-19-22(3)13-32(44)38-40-18-31(42-38)25-9-11-27-26(15-25)21-48-34-17-28-24(16-29(27)34)10-12-30-37(28)43-39(41-30)33-14-23(4)20-45(33)36(47)8-6-2/h9-12,15-18,22-23,32-33H,5-8,13-14,19-21H2,1-4H3,(H,40,42)(H,41,43)/t22-,23-,32-,33?/m0/s1. The lowest BCUT2D eigenvalue weighted by Crippen LogP contribution is -2.31. The minimum atomic E-state index is -0.0217. The second-order valence-corrected chi connectivity index (χ2v) is 14.3. The number of hydrogen-bond acceptors (Lipinski definition) is 5. The molecule has 9 heteroatoms. The van der Waals surface area contributed by atoms with E-state index in [1.54, 1.807) is 0 Å². The van der Waals surface area contributed by atoms with Gasteiger partial charge in [-0.2, -0.15) is 0 Å². The van der Waals surface area contributed by atoms with Gasteiger partial charge < -0.3 is 24.5 Å². The summed E-state index contributed by atoms with van der Waals surface area (Å²) in [7, 11) is 0. The smallest absolute Gasteiger partial charge is 0.223 e. The third-order valence-corrected chi connectivity index (χ3v) is 10.5. The highest BCUT2D eigenvalue weighted by Gasteiger charge is 2.37. The number of carbonyl (C=O) groups is 2. The van der Waals surface area contributed by atoms with Crippen LogP contribution in [0.4, 0.5) is 0 Å². The number of aromatic nitrogens is 4. The van der Waals surface area contributed by atoms with Crippen molar-refractivity contribution in [1.82, 2.24) is 29.7 Å². The molecule has 1 unspecified atom stereocenters. The lowest BCUT2D eigenvalue weighted by atomic mass is 9.92. The Balaban J connectivity index is 1.09. The molecule has 4 atom stereocenters. The maximum Gasteiger partial charge on any atom is 0.223 e. The zero-order chi connectivity index (χ0) is 33.1. The number of imidazole rings is 2. The third-order valence-electron chi connectivity index (χ3n) is 10.5. The molecule has 0 aliphatic carbocycles. The van der Waals surface area contributed by atoms with E-state index >= 15 is 0 Å². The number of likely N-dealkylation sites (tertiary alicyclic amines) is 2. The maximum atomic E-state index is 12.9. The molecule has 2 amide bonds. The summed E-state index contributed by atoms with van der Waals surface area (Å²) in [5.74, 6) is 3.91. The first-order valence-corrected chi connectivity index (χ1v) is 17.7. The summed E-state index contributed by atoms with van der Waals surface area (Å²) < 4.78 is 6.40. The lowest BCUT2D eigenvalue weighted by Gasteiger charge is -2.23. The minimum absolute atomic E-state index is 0.00412. The minimum Gasteiger partial charge on any atom is -0.488 e. The molecule has 0 spiro atoms. The van der Waals surface area contributed by atoms with E-state index in [2.05, 4.69) is 80.1 Å². The van der Waals surface area contributed by atoms with Gasteiger partial charge in [-0.05, 0) is 83.9 Å². The second kappa shape index (κ2) is 12.1. The van der Waals surface area contributed by atoms with Crippen molar-refractivity contribution in [2.45, 2.75) is 84.9 Å². The van der Waals surface area contributed by atoms with Crippen molar-refractivity contribution in [2.24, 2.45) is 11.8 Å². The molecule has 0 radical (unpaired) electrons. The predicted octanol–water partition coefficient (Wildman–Crippen LogP) is 8.08. The van der Waals surface area contributed by atoms with Crippen LogP contribution in [0.2, 0.25) is 0 Å². The Morgan fingerprint density at radius 1 is 0.854 bits per heavy atom. The largest absolute Gasteiger partial charge is 0.488 e. The fourth-order valence-corrected chi connectivity index (χ4v) is 8.17. The number of ether oxygens (including phenoxy) is 1. The second-order valence-electron chi connectivity index (χ2n) is 14.3. The van der Waals surface area contributed by atoms with Crippen LogP contribution in [0.15, 0.2) is 48.7 Å². The van der Waals surface area contributed by atoms with Crippen LogP contribution in [0.5, 0.6) is 5.75 Å². The molecule has 48 heavy (non-hydrogen) atoms. The number of nitrogens with one attached hydrogen (secondary N) is 2. The van der Waals surface area contributed by atoms with Gasteiger partial charge in [0.1, 0.15) is 24.0 Å². The van der Waals surface area contributed by atoms with Gasteiger partial charge in [-0.3, -0.25) is 9.59 Å². The van der Waals surface area contributed by atoms with E-state index in [1.165, 1.54) is 0 Å². The number of amides is 2. The summed E-state index contributed by atoms with van der Waals surface area (Å²) in [5.41, 5.74) is 7.26. The van der Waals surface area contributed by atoms with Crippen LogP contribution in [0, 0.1) is 11.8 Å². The van der Waals surface area contributed by atoms with Gasteiger partial charge in [0.25, 0.3) is 0 Å². The zero-order valence-corrected chi connectivity index (χ0v) is 28.3. The van der Waals surface area contributed by atoms with Crippen molar-refractivity contribution < 1.29 is 14.3 Å². The Hall–Kier alpha value is -4.66. The van der Waals surface area contributed by atoms with E-state index < -0.39 is 0 Å². The van der Waals surface area contributed by atoms with Crippen molar-refractivity contribution >= 4 is 33.6 Å². The predicted molar refractivity (Wildman–Crippen MR) is 187 cm³/mol. The number of fused-ring (bicyclic) bond motifs is 6. The van der Waals surface area contributed by atoms with Crippen LogP contribution in [-0.2, 0) is 16.2 Å². The Kier molecular flexibility index (Phi) is 7.73. The molecule has 8 rings (SSSR count). The zero-order valence-electron chi connectivity index (χ0n) is 28.3. The fourth-order valence-electron chi connectivity index (χ4n) is 8.17. The Bertz CT molecular complexity index is 2040. The molecule has 3 aliphatic rings. The summed E-state index contributed by atoms with van der Waals surface area (Å²) in [6.07, 6.45) is 6.58. The van der Waals surface area contributed by atoms with E-state index in [-0.39, 0.29) is 23.9 Å². The van der Waals surface area contributed by atoms with Gasteiger partial charge in [0.05, 0.1) is 35.0 Å². The van der Waals surface area contributed by atoms with Crippen molar-refractivity contribution in [3.63, 3.8) is 0 Å². The third kappa shape index (κ3) is 5.24. The van der Waals surface area contributed by atoms with Gasteiger partial charge in [0, 0.05) is 36.9 Å². The van der Waals surface area contributed by atoms with Crippen molar-refractivity contribution in [1.29, 1.82) is 0 Å². The van der Waals surface area contributed by atoms with Crippen LogP contribution in [0.25, 0.3) is 44.2 Å². The van der Waals surface area contributed by atoms with Crippen molar-refractivity contribution in [3.8, 4) is 28.1 Å². The molecule has 5 aromatic rings. The molecular formula is C39H44N6O3. The van der Waals surface area contributed by atoms with Gasteiger partial charge in [-0.1, -0.05) is 45.9 Å². The molecule has 0 bridgehead atoms. The Morgan fingerprint density at radius 2 is 1.56 bits per heavy atom. The van der Waals surface area contributed by atoms with Crippen molar-refractivity contribution in [2.75, 3.05) is 13.1 Å². The van der Waals surface area contributed by atoms with Crippen LogP contribution in [-0.4, -0.2) is 54.6 Å². The monoisotopic (exact) mass is 644 g/mol. The highest BCUT2D eigenvalue weighted by atomic mass is 16.5. The molecule has 0 saturated carbocycles. The molecule has 2 N–H and O–H groups in total. The molecule has 2 saturated heterocycles. The average Bonchev–Trinajstić information content (AvgIpc) is 3.89. The molecule has 3 aliphatic heterocycles. The quantitative estimate of drug-likeness (QED) is 0.186. The number of carbonyl (C=O) groups excluding carboxylic acids is 2. The Morgan fingerprint density at radius 3 is 2.27 bits per heavy atom. The van der Waals surface area contributed by atoms with Crippen LogP contribution in [0.1, 0.15) is 95.5 Å². The van der Waals surface area contributed by atoms with Crippen molar-refractivity contribution in [3.05, 3.63) is 65.9 Å². The van der Waals surface area contributed by atoms with E-state index in [9.17, 15) is 9.59 Å². The normalized spacial score (nSPS) is 21.9. The first-order chi connectivity index (χ1) is 23.3. The summed E-state index contributed by atoms with van der Waals surface area (Å²) in [6.45, 7) is 10.6. The van der Waals surface area contributed by atoms with Gasteiger partial charge in [0.15, 0.2) is 0 Å². The number of benzene rings is 3. The SMILES string of the molecule is CCCC(=O)N1C[C@@H](C)CC1c1nc2ccc3cc4c(cc3c2[nH]1)OCc1cc(-c2cnc([C@@H]3C[C@H](C)CN3C(=O)CCC)[nH]2)ccc1-4. The van der Waals surface area contributed by atoms with Crippen LogP contribution < -0.4 is 4.74 Å². The van der Waals surface area contributed by atoms with Gasteiger partial charge >= 0.3 is 0 Å². The highest BCUT2D eigenvalue weighted by molar-refractivity contribution is 6.07. The number of nitrogens with zero attached hydrogens (tertiary/aromatic N) is 4. The molecule has 248 valence electrons. The number of aromatic amines is 2. The number of hydrogen-bond donors (Lipinski definition) is 2. The van der Waals surface area contributed by atoms with E-state index in [0.717, 1.165) is 106 Å². The maximum absolute atomic E-state index is 12.9. The molecule has 2 fully saturated rings. The highest BCUT2D eigenvalue weighted by Crippen LogP contribution is 2.44. The topological polar surface area (TPSA) is 107 Å². The Labute approximate surface area is 281 Å². The van der Waals surface area contributed by atoms with Crippen LogP contribution in [0.3, 0.4) is 0 Å². The van der Waals surface area contributed by atoms with Gasteiger partial charge in [0.2, 0.25) is 11.8 Å². The van der Waals surface area contributed by atoms with Gasteiger partial charge in [-0.15, -0.1) is 0 Å². The average molecular weight is 645 g/mol. The molecular weight excluding hydrogens is 600 g/mol. The summed E-state index contributed by atoms with van der Waals surface area (Å²) in [4.78, 5) is 46.7. The van der Waals surface area contributed by atoms with E-state index in [4.69, 9.17) is 14.7 Å². The summed E-state index contributed by atoms with van der Waals surface area (Å²) >= 11 is 0. The number of H-pyrrole nitrogens is 2. The lowest BCUT2D eigenvalue weighted by molar-refractivity contribution is -0.133. The van der Waals surface area contributed by atoms with Gasteiger partial charge in [-0.25, -0.2) is 9.97 Å². The fraction of sp³-hybridized carbons (Fsp3) is 0.436. The molecule has 5 heterocycles. The first-order valence-electron chi connectivity index (χ1n) is 17.7. The molecule has 9 nitrogen and oxygen atoms in total. The summed E-state index contributed by atoms with van der Waals surface area (Å²) in [6, 6.07) is 15.1. The number of rotatable bonds is 7. The first kappa shape index (κ1) is 30.7. The van der Waals surface area contributed by atoms with E-state index in [1.807, 2.05) is 16.0 Å².